The largest absolute Gasteiger partial charge is 0.390 e. The van der Waals surface area contributed by atoms with E-state index in [4.69, 9.17) is 22.0 Å². The normalized spacial score (nSPS) is 10.3. The van der Waals surface area contributed by atoms with Crippen LogP contribution >= 0.6 is 0 Å². The first kappa shape index (κ1) is 12.6. The molecule has 0 aromatic heterocycles. The van der Waals surface area contributed by atoms with E-state index in [1.807, 2.05) is 13.8 Å². The van der Waals surface area contributed by atoms with Crippen molar-refractivity contribution in [3.8, 4) is 12.1 Å². The fourth-order valence-corrected chi connectivity index (χ4v) is 0.286. The van der Waals surface area contributed by atoms with Crippen LogP contribution in [-0.2, 0) is 0 Å². The monoisotopic (exact) mass is 165 g/mol. The van der Waals surface area contributed by atoms with E-state index in [9.17, 15) is 0 Å². The predicted octanol–water partition coefficient (Wildman–Crippen LogP) is 0.217. The minimum atomic E-state index is -0.232. The molecular formula is C7H11N5. The summed E-state index contributed by atoms with van der Waals surface area (Å²) in [5.41, 5.74) is 9.50. The van der Waals surface area contributed by atoms with Crippen molar-refractivity contribution in [3.63, 3.8) is 0 Å². The molecule has 4 N–H and O–H groups in total. The van der Waals surface area contributed by atoms with E-state index in [1.165, 1.54) is 0 Å². The molecule has 0 spiro atoms. The van der Waals surface area contributed by atoms with Crippen LogP contribution < -0.4 is 11.5 Å². The maximum Gasteiger partial charge on any atom is 0.175 e. The zero-order valence-electron chi connectivity index (χ0n) is 7.07. The van der Waals surface area contributed by atoms with Crippen LogP contribution in [0.5, 0.6) is 0 Å². The zero-order valence-corrected chi connectivity index (χ0v) is 7.07. The summed E-state index contributed by atoms with van der Waals surface area (Å²) in [6.45, 7) is 4.00. The van der Waals surface area contributed by atoms with Crippen molar-refractivity contribution in [2.45, 2.75) is 13.8 Å². The van der Waals surface area contributed by atoms with E-state index in [-0.39, 0.29) is 11.4 Å². The molecule has 0 atom stereocenters. The van der Waals surface area contributed by atoms with E-state index in [0.717, 1.165) is 6.34 Å². The van der Waals surface area contributed by atoms with Gasteiger partial charge in [0.1, 0.15) is 17.8 Å². The lowest BCUT2D eigenvalue weighted by Gasteiger charge is -1.85. The van der Waals surface area contributed by atoms with E-state index < -0.39 is 0 Å². The molecule has 5 heteroatoms. The first-order valence-corrected chi connectivity index (χ1v) is 3.30. The summed E-state index contributed by atoms with van der Waals surface area (Å²) in [4.78, 5) is 3.34. The standard InChI is InChI=1S/C5H5N5.C2H6/c6-1-4(9)5(2-7)10-3-8;1-2/h3H,9H2,(H2,8,10);1-2H3/b5-4-;. The van der Waals surface area contributed by atoms with Gasteiger partial charge in [0.25, 0.3) is 0 Å². The Bertz CT molecular complexity index is 250. The molecule has 0 saturated carbocycles. The second-order valence-electron chi connectivity index (χ2n) is 1.26. The molecule has 0 saturated heterocycles. The molecule has 0 unspecified atom stereocenters. The van der Waals surface area contributed by atoms with Crippen LogP contribution in [0.3, 0.4) is 0 Å². The van der Waals surface area contributed by atoms with E-state index in [0.29, 0.717) is 0 Å². The molecule has 0 aromatic rings. The molecule has 0 amide bonds. The Morgan fingerprint density at radius 2 is 1.83 bits per heavy atom. The number of hydrogen-bond donors (Lipinski definition) is 2. The van der Waals surface area contributed by atoms with Crippen molar-refractivity contribution in [1.29, 1.82) is 10.5 Å². The van der Waals surface area contributed by atoms with Crippen LogP contribution in [0.15, 0.2) is 16.4 Å². The first-order valence-electron chi connectivity index (χ1n) is 3.30. The lowest BCUT2D eigenvalue weighted by molar-refractivity contribution is 1.27. The quantitative estimate of drug-likeness (QED) is 0.328. The lowest BCUT2D eigenvalue weighted by atomic mass is 10.4. The van der Waals surface area contributed by atoms with Crippen molar-refractivity contribution in [3.05, 3.63) is 11.4 Å². The topological polar surface area (TPSA) is 112 Å². The van der Waals surface area contributed by atoms with Crippen LogP contribution in [0.4, 0.5) is 0 Å². The van der Waals surface area contributed by atoms with Gasteiger partial charge in [0.05, 0.1) is 6.34 Å². The summed E-state index contributed by atoms with van der Waals surface area (Å²) in [6, 6.07) is 3.17. The number of nitrogens with zero attached hydrogens (tertiary/aromatic N) is 3. The average Bonchev–Trinajstić information content (AvgIpc) is 2.16. The van der Waals surface area contributed by atoms with E-state index >= 15 is 0 Å². The van der Waals surface area contributed by atoms with Gasteiger partial charge < -0.3 is 11.5 Å². The van der Waals surface area contributed by atoms with Crippen molar-refractivity contribution >= 4 is 6.34 Å². The predicted molar refractivity (Wildman–Crippen MR) is 46.5 cm³/mol. The second kappa shape index (κ2) is 8.99. The molecule has 0 aromatic carbocycles. The molecule has 0 heterocycles. The van der Waals surface area contributed by atoms with Gasteiger partial charge in [-0.1, -0.05) is 13.8 Å². The van der Waals surface area contributed by atoms with Crippen LogP contribution in [0, 0.1) is 22.7 Å². The number of allylic oxidation sites excluding steroid dienone is 2. The van der Waals surface area contributed by atoms with Crippen LogP contribution in [0.25, 0.3) is 0 Å². The van der Waals surface area contributed by atoms with E-state index in [2.05, 4.69) is 4.99 Å². The highest BCUT2D eigenvalue weighted by Crippen LogP contribution is 1.95. The highest BCUT2D eigenvalue weighted by atomic mass is 14.8. The summed E-state index contributed by atoms with van der Waals surface area (Å²) >= 11 is 0. The third-order valence-corrected chi connectivity index (χ3v) is 0.685. The Labute approximate surface area is 71.6 Å². The molecule has 12 heavy (non-hydrogen) atoms. The Hall–Kier alpha value is -2.01. The summed E-state index contributed by atoms with van der Waals surface area (Å²) in [6.07, 6.45) is 0.906. The van der Waals surface area contributed by atoms with Gasteiger partial charge in [0.2, 0.25) is 0 Å². The van der Waals surface area contributed by atoms with Crippen LogP contribution in [-0.4, -0.2) is 6.34 Å². The van der Waals surface area contributed by atoms with Gasteiger partial charge in [-0.05, 0) is 0 Å². The van der Waals surface area contributed by atoms with Gasteiger partial charge in [-0.3, -0.25) is 0 Å². The molecule has 0 bridgehead atoms. The van der Waals surface area contributed by atoms with Crippen LogP contribution in [0.1, 0.15) is 13.8 Å². The number of nitrogens with two attached hydrogens (primary N) is 2. The summed E-state index contributed by atoms with van der Waals surface area (Å²) in [7, 11) is 0. The van der Waals surface area contributed by atoms with Crippen molar-refractivity contribution in [2.75, 3.05) is 0 Å². The summed E-state index contributed by atoms with van der Waals surface area (Å²) in [5, 5.41) is 16.4. The van der Waals surface area contributed by atoms with Crippen molar-refractivity contribution in [1.82, 2.24) is 0 Å². The second-order valence-corrected chi connectivity index (χ2v) is 1.26. The molecule has 5 nitrogen and oxygen atoms in total. The van der Waals surface area contributed by atoms with Gasteiger partial charge in [-0.25, -0.2) is 4.99 Å². The number of hydrogen-bond acceptors (Lipinski definition) is 4. The molecule has 0 rings (SSSR count). The highest BCUT2D eigenvalue weighted by molar-refractivity contribution is 5.55. The minimum Gasteiger partial charge on any atom is -0.390 e. The minimum absolute atomic E-state index is 0.162. The fourth-order valence-electron chi connectivity index (χ4n) is 0.286. The maximum absolute atomic E-state index is 8.25. The summed E-state index contributed by atoms with van der Waals surface area (Å²) < 4.78 is 0. The molecule has 0 radical (unpaired) electrons. The Morgan fingerprint density at radius 1 is 1.33 bits per heavy atom. The Morgan fingerprint density at radius 3 is 2.08 bits per heavy atom. The van der Waals surface area contributed by atoms with Crippen molar-refractivity contribution in [2.24, 2.45) is 16.5 Å². The van der Waals surface area contributed by atoms with Gasteiger partial charge in [0.15, 0.2) is 5.70 Å². The number of aliphatic imine (C=N–C) groups is 1. The molecular weight excluding hydrogens is 154 g/mol. The Balaban J connectivity index is 0. The lowest BCUT2D eigenvalue weighted by Crippen LogP contribution is -1.99. The van der Waals surface area contributed by atoms with Crippen LogP contribution in [0.2, 0.25) is 0 Å². The third kappa shape index (κ3) is 4.83. The molecule has 0 aliphatic rings. The molecule has 0 fully saturated rings. The number of nitriles is 2. The first-order chi connectivity index (χ1) is 5.76. The average molecular weight is 165 g/mol. The summed E-state index contributed by atoms with van der Waals surface area (Å²) in [5.74, 6) is 0. The number of rotatable bonds is 1. The van der Waals surface area contributed by atoms with E-state index in [1.54, 1.807) is 12.1 Å². The molecule has 0 aliphatic carbocycles. The van der Waals surface area contributed by atoms with Gasteiger partial charge in [0, 0.05) is 0 Å². The maximum atomic E-state index is 8.25. The van der Waals surface area contributed by atoms with Gasteiger partial charge >= 0.3 is 0 Å². The molecule has 64 valence electrons. The SMILES string of the molecule is CC.N#C/C(N)=C(\C#N)N=CN. The van der Waals surface area contributed by atoms with Gasteiger partial charge in [-0.2, -0.15) is 10.5 Å². The third-order valence-electron chi connectivity index (χ3n) is 0.685. The fraction of sp³-hybridized carbons (Fsp3) is 0.286. The van der Waals surface area contributed by atoms with Crippen molar-refractivity contribution < 1.29 is 0 Å². The molecule has 0 aliphatic heterocycles. The zero-order chi connectivity index (χ0) is 9.98. The smallest absolute Gasteiger partial charge is 0.175 e. The highest BCUT2D eigenvalue weighted by Gasteiger charge is 1.96. The Kier molecular flexibility index (Phi) is 9.47. The van der Waals surface area contributed by atoms with Gasteiger partial charge in [-0.15, -0.1) is 0 Å².